The second-order valence-electron chi connectivity index (χ2n) is 3.17. The van der Waals surface area contributed by atoms with E-state index in [0.717, 1.165) is 0 Å². The molecule has 6 heteroatoms. The van der Waals surface area contributed by atoms with Crippen molar-refractivity contribution in [3.8, 4) is 0 Å². The van der Waals surface area contributed by atoms with E-state index in [1.165, 1.54) is 16.7 Å². The minimum Gasteiger partial charge on any atom is -0.356 e. The maximum Gasteiger partial charge on any atom is 0.242 e. The van der Waals surface area contributed by atoms with E-state index in [1.807, 2.05) is 6.92 Å². The number of amides is 2. The van der Waals surface area contributed by atoms with Crippen molar-refractivity contribution in [2.75, 3.05) is 20.6 Å². The molecule has 1 fully saturated rings. The molecule has 15 heavy (non-hydrogen) atoms. The van der Waals surface area contributed by atoms with Crippen LogP contribution in [-0.4, -0.2) is 47.8 Å². The van der Waals surface area contributed by atoms with E-state index in [4.69, 9.17) is 0 Å². The summed E-state index contributed by atoms with van der Waals surface area (Å²) in [5, 5.41) is 3.03. The van der Waals surface area contributed by atoms with Crippen molar-refractivity contribution in [3.63, 3.8) is 0 Å². The van der Waals surface area contributed by atoms with Crippen LogP contribution in [0.4, 0.5) is 0 Å². The van der Waals surface area contributed by atoms with Gasteiger partial charge in [0.15, 0.2) is 5.17 Å². The van der Waals surface area contributed by atoms with Gasteiger partial charge in [-0.3, -0.25) is 19.5 Å². The van der Waals surface area contributed by atoms with Gasteiger partial charge in [0.2, 0.25) is 11.8 Å². The Kier molecular flexibility index (Phi) is 4.14. The van der Waals surface area contributed by atoms with Crippen LogP contribution < -0.4 is 5.32 Å². The number of nitrogens with one attached hydrogen (secondary N) is 1. The number of rotatable bonds is 3. The van der Waals surface area contributed by atoms with Gasteiger partial charge in [-0.2, -0.15) is 0 Å². The maximum absolute atomic E-state index is 11.7. The normalized spacial score (nSPS) is 23.7. The molecule has 84 valence electrons. The molecule has 5 nitrogen and oxygen atoms in total. The monoisotopic (exact) mass is 229 g/mol. The molecule has 1 aliphatic heterocycles. The number of amidine groups is 1. The van der Waals surface area contributed by atoms with Crippen LogP contribution in [0.5, 0.6) is 0 Å². The summed E-state index contributed by atoms with van der Waals surface area (Å²) in [6, 6.07) is 0. The van der Waals surface area contributed by atoms with Crippen LogP contribution in [0.2, 0.25) is 0 Å². The third kappa shape index (κ3) is 2.71. The molecule has 1 heterocycles. The van der Waals surface area contributed by atoms with E-state index in [-0.39, 0.29) is 23.5 Å². The van der Waals surface area contributed by atoms with Crippen molar-refractivity contribution in [2.45, 2.75) is 18.6 Å². The molecule has 1 aliphatic rings. The summed E-state index contributed by atoms with van der Waals surface area (Å²) in [5.41, 5.74) is 0. The zero-order valence-corrected chi connectivity index (χ0v) is 9.93. The zero-order chi connectivity index (χ0) is 11.4. The van der Waals surface area contributed by atoms with Crippen LogP contribution in [0.15, 0.2) is 4.99 Å². The van der Waals surface area contributed by atoms with Crippen LogP contribution in [0, 0.1) is 0 Å². The highest BCUT2D eigenvalue weighted by Crippen LogP contribution is 2.27. The first kappa shape index (κ1) is 12.0. The molecular weight excluding hydrogens is 214 g/mol. The Balaban J connectivity index is 2.59. The van der Waals surface area contributed by atoms with Crippen LogP contribution in [0.1, 0.15) is 13.3 Å². The molecule has 0 unspecified atom stereocenters. The molecule has 0 aliphatic carbocycles. The van der Waals surface area contributed by atoms with Gasteiger partial charge in [-0.05, 0) is 6.92 Å². The predicted octanol–water partition coefficient (Wildman–Crippen LogP) is 0.0722. The molecule has 1 N–H and O–H groups in total. The largest absolute Gasteiger partial charge is 0.356 e. The third-order valence-corrected chi connectivity index (χ3v) is 3.40. The first-order valence-corrected chi connectivity index (χ1v) is 5.65. The first-order chi connectivity index (χ1) is 7.10. The molecule has 0 aromatic carbocycles. The summed E-state index contributed by atoms with van der Waals surface area (Å²) in [7, 11) is 3.32. The SMILES string of the molecule is CCNC(=O)C[C@H]1SC(=NC)N(C)C1=O. The molecule has 0 spiro atoms. The van der Waals surface area contributed by atoms with Crippen LogP contribution in [-0.2, 0) is 9.59 Å². The van der Waals surface area contributed by atoms with Gasteiger partial charge < -0.3 is 5.32 Å². The first-order valence-electron chi connectivity index (χ1n) is 4.77. The molecule has 0 aromatic heterocycles. The van der Waals surface area contributed by atoms with Crippen molar-refractivity contribution in [1.29, 1.82) is 0 Å². The van der Waals surface area contributed by atoms with Crippen molar-refractivity contribution in [1.82, 2.24) is 10.2 Å². The Morgan fingerprint density at radius 3 is 2.80 bits per heavy atom. The van der Waals surface area contributed by atoms with E-state index in [9.17, 15) is 9.59 Å². The van der Waals surface area contributed by atoms with Gasteiger partial charge >= 0.3 is 0 Å². The Hall–Kier alpha value is -1.04. The molecule has 2 amide bonds. The lowest BCUT2D eigenvalue weighted by Gasteiger charge is -2.08. The molecular formula is C9H15N3O2S. The number of aliphatic imine (C=N–C) groups is 1. The van der Waals surface area contributed by atoms with Crippen LogP contribution in [0.25, 0.3) is 0 Å². The fourth-order valence-corrected chi connectivity index (χ4v) is 2.44. The highest BCUT2D eigenvalue weighted by Gasteiger charge is 2.36. The second-order valence-corrected chi connectivity index (χ2v) is 4.34. The van der Waals surface area contributed by atoms with Gasteiger partial charge in [0.05, 0.1) is 0 Å². The summed E-state index contributed by atoms with van der Waals surface area (Å²) >= 11 is 1.35. The van der Waals surface area contributed by atoms with Crippen LogP contribution >= 0.6 is 11.8 Å². The molecule has 1 atom stereocenters. The van der Waals surface area contributed by atoms with Gasteiger partial charge in [0.1, 0.15) is 5.25 Å². The molecule has 0 bridgehead atoms. The average molecular weight is 229 g/mol. The highest BCUT2D eigenvalue weighted by atomic mass is 32.2. The fraction of sp³-hybridized carbons (Fsp3) is 0.667. The zero-order valence-electron chi connectivity index (χ0n) is 9.11. The van der Waals surface area contributed by atoms with E-state index in [2.05, 4.69) is 10.3 Å². The van der Waals surface area contributed by atoms with Gasteiger partial charge in [0.25, 0.3) is 0 Å². The number of thioether (sulfide) groups is 1. The Bertz CT molecular complexity index is 304. The lowest BCUT2D eigenvalue weighted by Crippen LogP contribution is -2.32. The number of nitrogens with zero attached hydrogens (tertiary/aromatic N) is 2. The molecule has 0 radical (unpaired) electrons. The van der Waals surface area contributed by atoms with Gasteiger partial charge in [-0.15, -0.1) is 0 Å². The summed E-state index contributed by atoms with van der Waals surface area (Å²) in [6.45, 7) is 2.45. The molecule has 0 saturated carbocycles. The fourth-order valence-electron chi connectivity index (χ4n) is 1.34. The van der Waals surface area contributed by atoms with E-state index in [1.54, 1.807) is 14.1 Å². The third-order valence-electron chi connectivity index (χ3n) is 2.08. The standard InChI is InChI=1S/C9H15N3O2S/c1-4-11-7(13)5-6-8(14)12(3)9(10-2)15-6/h6H,4-5H2,1-3H3,(H,11,13)/t6-/m1/s1. The predicted molar refractivity (Wildman–Crippen MR) is 60.8 cm³/mol. The number of hydrogen-bond donors (Lipinski definition) is 1. The Morgan fingerprint density at radius 1 is 1.67 bits per heavy atom. The summed E-state index contributed by atoms with van der Waals surface area (Å²) in [5.74, 6) is -0.138. The van der Waals surface area contributed by atoms with Gasteiger partial charge in [-0.1, -0.05) is 11.8 Å². The summed E-state index contributed by atoms with van der Waals surface area (Å²) < 4.78 is 0. The Labute approximate surface area is 93.3 Å². The van der Waals surface area contributed by atoms with Gasteiger partial charge in [-0.25, -0.2) is 0 Å². The molecule has 1 rings (SSSR count). The minimum atomic E-state index is -0.319. The van der Waals surface area contributed by atoms with Crippen molar-refractivity contribution in [2.24, 2.45) is 4.99 Å². The molecule has 0 aromatic rings. The van der Waals surface area contributed by atoms with E-state index < -0.39 is 0 Å². The smallest absolute Gasteiger partial charge is 0.242 e. The van der Waals surface area contributed by atoms with Crippen molar-refractivity contribution >= 4 is 28.7 Å². The summed E-state index contributed by atoms with van der Waals surface area (Å²) in [4.78, 5) is 28.4. The second kappa shape index (κ2) is 5.16. The number of carbonyl (C=O) groups is 2. The summed E-state index contributed by atoms with van der Waals surface area (Å²) in [6.07, 6.45) is 0.223. The minimum absolute atomic E-state index is 0.0492. The molecule has 1 saturated heterocycles. The van der Waals surface area contributed by atoms with Crippen molar-refractivity contribution in [3.05, 3.63) is 0 Å². The average Bonchev–Trinajstić information content (AvgIpc) is 2.46. The number of carbonyl (C=O) groups excluding carboxylic acids is 2. The highest BCUT2D eigenvalue weighted by molar-refractivity contribution is 8.15. The van der Waals surface area contributed by atoms with Gasteiger partial charge in [0, 0.05) is 27.1 Å². The van der Waals surface area contributed by atoms with E-state index >= 15 is 0 Å². The number of hydrogen-bond acceptors (Lipinski definition) is 4. The van der Waals surface area contributed by atoms with E-state index in [0.29, 0.717) is 11.7 Å². The lowest BCUT2D eigenvalue weighted by atomic mass is 10.2. The quantitative estimate of drug-likeness (QED) is 0.745. The maximum atomic E-state index is 11.7. The Morgan fingerprint density at radius 2 is 2.33 bits per heavy atom. The van der Waals surface area contributed by atoms with Crippen LogP contribution in [0.3, 0.4) is 0 Å². The van der Waals surface area contributed by atoms with Crippen molar-refractivity contribution < 1.29 is 9.59 Å². The topological polar surface area (TPSA) is 61.8 Å². The lowest BCUT2D eigenvalue weighted by molar-refractivity contribution is -0.128.